The second-order valence-electron chi connectivity index (χ2n) is 6.44. The zero-order valence-corrected chi connectivity index (χ0v) is 14.8. The van der Waals surface area contributed by atoms with Gasteiger partial charge in [0.05, 0.1) is 0 Å². The summed E-state index contributed by atoms with van der Waals surface area (Å²) in [5, 5.41) is 8.56. The van der Waals surface area contributed by atoms with Gasteiger partial charge < -0.3 is 16.0 Å². The summed E-state index contributed by atoms with van der Waals surface area (Å²) in [7, 11) is 0. The fourth-order valence-electron chi connectivity index (χ4n) is 2.45. The van der Waals surface area contributed by atoms with E-state index < -0.39 is 0 Å². The van der Waals surface area contributed by atoms with Gasteiger partial charge in [-0.05, 0) is 43.4 Å². The van der Waals surface area contributed by atoms with E-state index in [0.717, 1.165) is 30.5 Å². The highest BCUT2D eigenvalue weighted by molar-refractivity contribution is 5.90. The summed E-state index contributed by atoms with van der Waals surface area (Å²) < 4.78 is 0. The molecule has 136 valence electrons. The number of amides is 3. The van der Waals surface area contributed by atoms with Crippen molar-refractivity contribution in [1.29, 1.82) is 0 Å². The van der Waals surface area contributed by atoms with Crippen molar-refractivity contribution in [3.63, 3.8) is 0 Å². The van der Waals surface area contributed by atoms with Crippen molar-refractivity contribution < 1.29 is 14.4 Å². The number of rotatable bonds is 10. The van der Waals surface area contributed by atoms with Crippen molar-refractivity contribution in [1.82, 2.24) is 10.6 Å². The van der Waals surface area contributed by atoms with E-state index in [9.17, 15) is 14.4 Å². The third-order valence-corrected chi connectivity index (χ3v) is 4.01. The summed E-state index contributed by atoms with van der Waals surface area (Å²) in [4.78, 5) is 34.9. The van der Waals surface area contributed by atoms with Crippen molar-refractivity contribution in [2.24, 2.45) is 5.92 Å². The molecular weight excluding hydrogens is 318 g/mol. The maximum Gasteiger partial charge on any atom is 0.224 e. The Bertz CT molecular complexity index is 612. The lowest BCUT2D eigenvalue weighted by atomic mass is 10.2. The Morgan fingerprint density at radius 1 is 1.08 bits per heavy atom. The predicted octanol–water partition coefficient (Wildman–Crippen LogP) is 2.35. The van der Waals surface area contributed by atoms with Gasteiger partial charge in [0, 0.05) is 37.5 Å². The Labute approximate surface area is 148 Å². The second kappa shape index (κ2) is 9.81. The fourth-order valence-corrected chi connectivity index (χ4v) is 2.45. The SMILES string of the molecule is CCCC(=O)Nc1cccc(CNC(=O)CCCNC(=O)C2CC2)c1. The largest absolute Gasteiger partial charge is 0.356 e. The molecule has 1 aliphatic rings. The van der Waals surface area contributed by atoms with Gasteiger partial charge >= 0.3 is 0 Å². The smallest absolute Gasteiger partial charge is 0.224 e. The molecule has 0 heterocycles. The quantitative estimate of drug-likeness (QED) is 0.569. The molecule has 0 aromatic heterocycles. The standard InChI is InChI=1S/C19H27N3O3/c1-2-5-18(24)22-16-7-3-6-14(12-16)13-21-17(23)8-4-11-20-19(25)15-9-10-15/h3,6-7,12,15H,2,4-5,8-11,13H2,1H3,(H,20,25)(H,21,23)(H,22,24). The highest BCUT2D eigenvalue weighted by Crippen LogP contribution is 2.28. The molecule has 3 amide bonds. The van der Waals surface area contributed by atoms with Crippen LogP contribution in [0, 0.1) is 5.92 Å². The van der Waals surface area contributed by atoms with Crippen LogP contribution >= 0.6 is 0 Å². The Hall–Kier alpha value is -2.37. The Morgan fingerprint density at radius 3 is 2.60 bits per heavy atom. The van der Waals surface area contributed by atoms with Crippen LogP contribution in [0.4, 0.5) is 5.69 Å². The fraction of sp³-hybridized carbons (Fsp3) is 0.526. The number of hydrogen-bond donors (Lipinski definition) is 3. The summed E-state index contributed by atoms with van der Waals surface area (Å²) in [6.07, 6.45) is 4.31. The van der Waals surface area contributed by atoms with Gasteiger partial charge in [-0.1, -0.05) is 19.1 Å². The molecule has 0 atom stereocenters. The van der Waals surface area contributed by atoms with Gasteiger partial charge in [0.1, 0.15) is 0 Å². The van der Waals surface area contributed by atoms with Crippen LogP contribution < -0.4 is 16.0 Å². The lowest BCUT2D eigenvalue weighted by Crippen LogP contribution is -2.28. The third-order valence-electron chi connectivity index (χ3n) is 4.01. The third kappa shape index (κ3) is 7.37. The Kier molecular flexibility index (Phi) is 7.44. The highest BCUT2D eigenvalue weighted by atomic mass is 16.2. The van der Waals surface area contributed by atoms with Gasteiger partial charge in [0.25, 0.3) is 0 Å². The summed E-state index contributed by atoms with van der Waals surface area (Å²) in [5.41, 5.74) is 1.68. The van der Waals surface area contributed by atoms with Crippen LogP contribution in [0.2, 0.25) is 0 Å². The lowest BCUT2D eigenvalue weighted by Gasteiger charge is -2.09. The van der Waals surface area contributed by atoms with Crippen LogP contribution in [-0.2, 0) is 20.9 Å². The van der Waals surface area contributed by atoms with Crippen molar-refractivity contribution in [3.05, 3.63) is 29.8 Å². The van der Waals surface area contributed by atoms with Crippen LogP contribution in [-0.4, -0.2) is 24.3 Å². The molecule has 1 aliphatic carbocycles. The molecule has 0 unspecified atom stereocenters. The molecule has 0 radical (unpaired) electrons. The number of benzene rings is 1. The molecule has 0 bridgehead atoms. The van der Waals surface area contributed by atoms with Gasteiger partial charge in [-0.2, -0.15) is 0 Å². The average molecular weight is 345 g/mol. The van der Waals surface area contributed by atoms with Crippen molar-refractivity contribution >= 4 is 23.4 Å². The minimum Gasteiger partial charge on any atom is -0.356 e. The molecule has 3 N–H and O–H groups in total. The number of carbonyl (C=O) groups excluding carboxylic acids is 3. The first-order chi connectivity index (χ1) is 12.1. The van der Waals surface area contributed by atoms with E-state index in [-0.39, 0.29) is 23.6 Å². The van der Waals surface area contributed by atoms with Crippen LogP contribution in [0.1, 0.15) is 51.0 Å². The van der Waals surface area contributed by atoms with E-state index >= 15 is 0 Å². The minimum absolute atomic E-state index is 0.00284. The molecular formula is C19H27N3O3. The monoisotopic (exact) mass is 345 g/mol. The van der Waals surface area contributed by atoms with Gasteiger partial charge in [-0.25, -0.2) is 0 Å². The first-order valence-corrected chi connectivity index (χ1v) is 9.01. The number of carbonyl (C=O) groups is 3. The van der Waals surface area contributed by atoms with Gasteiger partial charge in [-0.3, -0.25) is 14.4 Å². The van der Waals surface area contributed by atoms with Crippen molar-refractivity contribution in [3.8, 4) is 0 Å². The summed E-state index contributed by atoms with van der Waals surface area (Å²) in [6, 6.07) is 7.47. The maximum atomic E-state index is 11.9. The molecule has 1 aromatic carbocycles. The van der Waals surface area contributed by atoms with Gasteiger partial charge in [-0.15, -0.1) is 0 Å². The molecule has 0 saturated heterocycles. The van der Waals surface area contributed by atoms with Crippen molar-refractivity contribution in [2.75, 3.05) is 11.9 Å². The van der Waals surface area contributed by atoms with E-state index in [2.05, 4.69) is 16.0 Å². The minimum atomic E-state index is -0.0407. The molecule has 0 aliphatic heterocycles. The second-order valence-corrected chi connectivity index (χ2v) is 6.44. The zero-order valence-electron chi connectivity index (χ0n) is 14.8. The number of anilines is 1. The zero-order chi connectivity index (χ0) is 18.1. The van der Waals surface area contributed by atoms with Crippen molar-refractivity contribution in [2.45, 2.75) is 52.0 Å². The lowest BCUT2D eigenvalue weighted by molar-refractivity contribution is -0.123. The number of hydrogen-bond acceptors (Lipinski definition) is 3. The van der Waals surface area contributed by atoms with E-state index in [1.807, 2.05) is 31.2 Å². The van der Waals surface area contributed by atoms with Crippen LogP contribution in [0.15, 0.2) is 24.3 Å². The van der Waals surface area contributed by atoms with Crippen LogP contribution in [0.5, 0.6) is 0 Å². The Morgan fingerprint density at radius 2 is 1.88 bits per heavy atom. The molecule has 1 saturated carbocycles. The van der Waals surface area contributed by atoms with E-state index in [4.69, 9.17) is 0 Å². The summed E-state index contributed by atoms with van der Waals surface area (Å²) >= 11 is 0. The van der Waals surface area contributed by atoms with Gasteiger partial charge in [0.15, 0.2) is 0 Å². The number of nitrogens with one attached hydrogen (secondary N) is 3. The van der Waals surface area contributed by atoms with Gasteiger partial charge in [0.2, 0.25) is 17.7 Å². The average Bonchev–Trinajstić information content (AvgIpc) is 3.42. The molecule has 25 heavy (non-hydrogen) atoms. The molecule has 1 aromatic rings. The Balaban J connectivity index is 1.64. The highest BCUT2D eigenvalue weighted by Gasteiger charge is 2.28. The normalized spacial score (nSPS) is 13.2. The topological polar surface area (TPSA) is 87.3 Å². The molecule has 2 rings (SSSR count). The molecule has 6 nitrogen and oxygen atoms in total. The predicted molar refractivity (Wildman–Crippen MR) is 96.8 cm³/mol. The maximum absolute atomic E-state index is 11.9. The van der Waals surface area contributed by atoms with Crippen LogP contribution in [0.3, 0.4) is 0 Å². The summed E-state index contributed by atoms with van der Waals surface area (Å²) in [6.45, 7) is 2.93. The van der Waals surface area contributed by atoms with E-state index in [1.165, 1.54) is 0 Å². The first kappa shape index (κ1) is 19.0. The van der Waals surface area contributed by atoms with E-state index in [1.54, 1.807) is 0 Å². The first-order valence-electron chi connectivity index (χ1n) is 9.01. The summed E-state index contributed by atoms with van der Waals surface area (Å²) in [5.74, 6) is 0.277. The molecule has 0 spiro atoms. The molecule has 6 heteroatoms. The van der Waals surface area contributed by atoms with E-state index in [0.29, 0.717) is 32.4 Å². The van der Waals surface area contributed by atoms with Crippen LogP contribution in [0.25, 0.3) is 0 Å². The molecule has 1 fully saturated rings.